The van der Waals surface area contributed by atoms with Crippen molar-refractivity contribution >= 4 is 45.3 Å². The standard InChI is InChI=1S/C14H16BrNO3S/c15-11-3-1-2-10(14(18)19)13(11)16-12(17)8-9-4-6-20-7-5-9/h1-3,9H,4-8H2,(H,16,17)(H,18,19). The van der Waals surface area contributed by atoms with E-state index >= 15 is 0 Å². The number of nitrogens with one attached hydrogen (secondary N) is 1. The van der Waals surface area contributed by atoms with Crippen LogP contribution in [0.4, 0.5) is 5.69 Å². The van der Waals surface area contributed by atoms with Gasteiger partial charge in [0, 0.05) is 10.9 Å². The van der Waals surface area contributed by atoms with Gasteiger partial charge in [-0.25, -0.2) is 4.79 Å². The van der Waals surface area contributed by atoms with E-state index < -0.39 is 5.97 Å². The summed E-state index contributed by atoms with van der Waals surface area (Å²) in [6, 6.07) is 4.85. The summed E-state index contributed by atoms with van der Waals surface area (Å²) in [5.41, 5.74) is 0.446. The molecule has 0 aromatic heterocycles. The van der Waals surface area contributed by atoms with Crippen LogP contribution in [0.3, 0.4) is 0 Å². The zero-order valence-corrected chi connectivity index (χ0v) is 13.3. The first-order valence-electron chi connectivity index (χ1n) is 6.47. The van der Waals surface area contributed by atoms with E-state index in [1.54, 1.807) is 12.1 Å². The minimum Gasteiger partial charge on any atom is -0.478 e. The highest BCUT2D eigenvalue weighted by Gasteiger charge is 2.20. The first kappa shape index (κ1) is 15.4. The minimum absolute atomic E-state index is 0.104. The van der Waals surface area contributed by atoms with Crippen LogP contribution in [0.1, 0.15) is 29.6 Å². The van der Waals surface area contributed by atoms with Crippen LogP contribution >= 0.6 is 27.7 Å². The maximum Gasteiger partial charge on any atom is 0.337 e. The smallest absolute Gasteiger partial charge is 0.337 e. The van der Waals surface area contributed by atoms with E-state index in [0.717, 1.165) is 24.3 Å². The molecule has 1 aliphatic heterocycles. The summed E-state index contributed by atoms with van der Waals surface area (Å²) in [7, 11) is 0. The summed E-state index contributed by atoms with van der Waals surface area (Å²) >= 11 is 5.21. The van der Waals surface area contributed by atoms with E-state index in [0.29, 0.717) is 22.5 Å². The van der Waals surface area contributed by atoms with Crippen molar-refractivity contribution < 1.29 is 14.7 Å². The molecule has 1 aromatic carbocycles. The molecular formula is C14H16BrNO3S. The Kier molecular flexibility index (Phi) is 5.48. The Labute approximate surface area is 130 Å². The van der Waals surface area contributed by atoms with E-state index in [1.165, 1.54) is 6.07 Å². The Morgan fingerprint density at radius 3 is 2.70 bits per heavy atom. The monoisotopic (exact) mass is 357 g/mol. The quantitative estimate of drug-likeness (QED) is 0.863. The van der Waals surface area contributed by atoms with Crippen molar-refractivity contribution in [1.82, 2.24) is 0 Å². The molecule has 1 heterocycles. The van der Waals surface area contributed by atoms with Gasteiger partial charge < -0.3 is 10.4 Å². The number of carboxylic acids is 1. The highest BCUT2D eigenvalue weighted by Crippen LogP contribution is 2.29. The van der Waals surface area contributed by atoms with E-state index in [4.69, 9.17) is 5.11 Å². The predicted molar refractivity (Wildman–Crippen MR) is 84.4 cm³/mol. The third kappa shape index (κ3) is 3.99. The Balaban J connectivity index is 2.05. The van der Waals surface area contributed by atoms with Crippen LogP contribution in [-0.2, 0) is 4.79 Å². The fourth-order valence-corrected chi connectivity index (χ4v) is 3.90. The molecule has 1 saturated heterocycles. The van der Waals surface area contributed by atoms with Crippen molar-refractivity contribution in [2.45, 2.75) is 19.3 Å². The molecule has 0 saturated carbocycles. The summed E-state index contributed by atoms with van der Waals surface area (Å²) in [6.07, 6.45) is 2.57. The SMILES string of the molecule is O=C(CC1CCSCC1)Nc1c(Br)cccc1C(=O)O. The zero-order valence-electron chi connectivity index (χ0n) is 10.9. The highest BCUT2D eigenvalue weighted by molar-refractivity contribution is 9.10. The maximum absolute atomic E-state index is 12.1. The van der Waals surface area contributed by atoms with Crippen molar-refractivity contribution in [3.63, 3.8) is 0 Å². The Morgan fingerprint density at radius 2 is 2.05 bits per heavy atom. The number of anilines is 1. The number of carboxylic acid groups (broad SMARTS) is 1. The number of amides is 1. The van der Waals surface area contributed by atoms with Crippen molar-refractivity contribution in [3.8, 4) is 0 Å². The van der Waals surface area contributed by atoms with Gasteiger partial charge in [-0.2, -0.15) is 11.8 Å². The van der Waals surface area contributed by atoms with Gasteiger partial charge in [0.25, 0.3) is 0 Å². The minimum atomic E-state index is -1.05. The first-order chi connectivity index (χ1) is 9.58. The molecule has 4 nitrogen and oxygen atoms in total. The van der Waals surface area contributed by atoms with Crippen molar-refractivity contribution in [2.75, 3.05) is 16.8 Å². The summed E-state index contributed by atoms with van der Waals surface area (Å²) in [5, 5.41) is 11.9. The number of benzene rings is 1. The normalized spacial score (nSPS) is 15.8. The van der Waals surface area contributed by atoms with Crippen molar-refractivity contribution in [3.05, 3.63) is 28.2 Å². The van der Waals surface area contributed by atoms with Crippen molar-refractivity contribution in [1.29, 1.82) is 0 Å². The molecule has 2 rings (SSSR count). The lowest BCUT2D eigenvalue weighted by atomic mass is 9.98. The number of carbonyl (C=O) groups excluding carboxylic acids is 1. The van der Waals surface area contributed by atoms with Crippen LogP contribution in [0, 0.1) is 5.92 Å². The van der Waals surface area contributed by atoms with Crippen LogP contribution in [-0.4, -0.2) is 28.5 Å². The fourth-order valence-electron chi connectivity index (χ4n) is 2.23. The molecule has 108 valence electrons. The van der Waals surface area contributed by atoms with Gasteiger partial charge in [0.2, 0.25) is 5.91 Å². The zero-order chi connectivity index (χ0) is 14.5. The lowest BCUT2D eigenvalue weighted by molar-refractivity contribution is -0.117. The van der Waals surface area contributed by atoms with Crippen LogP contribution in [0.15, 0.2) is 22.7 Å². The highest BCUT2D eigenvalue weighted by atomic mass is 79.9. The summed E-state index contributed by atoms with van der Waals surface area (Å²) in [5.74, 6) is 1.46. The second-order valence-electron chi connectivity index (χ2n) is 4.78. The topological polar surface area (TPSA) is 66.4 Å². The van der Waals surface area contributed by atoms with Gasteiger partial charge in [-0.3, -0.25) is 4.79 Å². The molecule has 1 aliphatic rings. The molecule has 0 spiro atoms. The van der Waals surface area contributed by atoms with Gasteiger partial charge in [-0.15, -0.1) is 0 Å². The Hall–Kier alpha value is -1.01. The molecule has 0 atom stereocenters. The van der Waals surface area contributed by atoms with Gasteiger partial charge >= 0.3 is 5.97 Å². The number of thioether (sulfide) groups is 1. The summed E-state index contributed by atoms with van der Waals surface area (Å²) in [4.78, 5) is 23.2. The molecule has 0 unspecified atom stereocenters. The number of aromatic carboxylic acids is 1. The number of hydrogen-bond acceptors (Lipinski definition) is 3. The second kappa shape index (κ2) is 7.13. The molecule has 6 heteroatoms. The molecule has 1 aromatic rings. The van der Waals surface area contributed by atoms with Crippen molar-refractivity contribution in [2.24, 2.45) is 5.92 Å². The van der Waals surface area contributed by atoms with E-state index in [2.05, 4.69) is 21.2 Å². The first-order valence-corrected chi connectivity index (χ1v) is 8.42. The number of carbonyl (C=O) groups is 2. The lowest BCUT2D eigenvalue weighted by Crippen LogP contribution is -2.21. The average Bonchev–Trinajstić information content (AvgIpc) is 2.42. The van der Waals surface area contributed by atoms with E-state index in [1.807, 2.05) is 11.8 Å². The third-order valence-electron chi connectivity index (χ3n) is 3.32. The lowest BCUT2D eigenvalue weighted by Gasteiger charge is -2.21. The molecule has 0 bridgehead atoms. The molecule has 0 radical (unpaired) electrons. The molecule has 2 N–H and O–H groups in total. The molecule has 1 fully saturated rings. The Bertz CT molecular complexity index is 515. The molecule has 1 amide bonds. The average molecular weight is 358 g/mol. The van der Waals surface area contributed by atoms with Crippen LogP contribution in [0.5, 0.6) is 0 Å². The van der Waals surface area contributed by atoms with Crippen LogP contribution in [0.2, 0.25) is 0 Å². The van der Waals surface area contributed by atoms with Gasteiger partial charge in [0.05, 0.1) is 11.3 Å². The van der Waals surface area contributed by atoms with Gasteiger partial charge in [-0.05, 0) is 58.3 Å². The Morgan fingerprint density at radius 1 is 1.35 bits per heavy atom. The van der Waals surface area contributed by atoms with Gasteiger partial charge in [0.15, 0.2) is 0 Å². The molecular weight excluding hydrogens is 342 g/mol. The van der Waals surface area contributed by atoms with Crippen LogP contribution in [0.25, 0.3) is 0 Å². The van der Waals surface area contributed by atoms with E-state index in [-0.39, 0.29) is 11.5 Å². The fraction of sp³-hybridized carbons (Fsp3) is 0.429. The number of hydrogen-bond donors (Lipinski definition) is 2. The summed E-state index contributed by atoms with van der Waals surface area (Å²) < 4.78 is 0.588. The van der Waals surface area contributed by atoms with Gasteiger partial charge in [-0.1, -0.05) is 6.07 Å². The number of rotatable bonds is 4. The summed E-state index contributed by atoms with van der Waals surface area (Å²) in [6.45, 7) is 0. The largest absolute Gasteiger partial charge is 0.478 e. The molecule has 20 heavy (non-hydrogen) atoms. The van der Waals surface area contributed by atoms with E-state index in [9.17, 15) is 9.59 Å². The molecule has 0 aliphatic carbocycles. The third-order valence-corrected chi connectivity index (χ3v) is 5.03. The second-order valence-corrected chi connectivity index (χ2v) is 6.85. The van der Waals surface area contributed by atoms with Crippen LogP contribution < -0.4 is 5.32 Å². The van der Waals surface area contributed by atoms with Gasteiger partial charge in [0.1, 0.15) is 0 Å². The number of halogens is 1. The maximum atomic E-state index is 12.1. The predicted octanol–water partition coefficient (Wildman–Crippen LogP) is 3.62. The number of para-hydroxylation sites is 1.